The predicted molar refractivity (Wildman–Crippen MR) is 89.3 cm³/mol. The van der Waals surface area contributed by atoms with Gasteiger partial charge in [-0.3, -0.25) is 0 Å². The molecule has 1 atom stereocenters. The fourth-order valence-electron chi connectivity index (χ4n) is 1.69. The first-order valence-corrected chi connectivity index (χ1v) is 9.61. The molecular weight excluding hydrogens is 403 g/mol. The number of methoxy groups -OCH3 is 1. The van der Waals surface area contributed by atoms with Crippen molar-refractivity contribution in [2.45, 2.75) is 33.8 Å². The van der Waals surface area contributed by atoms with Gasteiger partial charge in [-0.2, -0.15) is 0 Å². The first-order valence-electron chi connectivity index (χ1n) is 6.77. The average molecular weight is 424 g/mol. The van der Waals surface area contributed by atoms with Gasteiger partial charge in [0.25, 0.3) is 0 Å². The summed E-state index contributed by atoms with van der Waals surface area (Å²) in [5.74, 6) is -0.431. The number of carbonyl (C=O) groups excluding carboxylic acids is 2. The van der Waals surface area contributed by atoms with Gasteiger partial charge < -0.3 is 0 Å². The number of rotatable bonds is 7. The molecule has 0 aliphatic carbocycles. The molecule has 0 radical (unpaired) electrons. The Morgan fingerprint density at radius 3 is 2.23 bits per heavy atom. The topological polar surface area (TPSA) is 71.1 Å². The van der Waals surface area contributed by atoms with E-state index in [4.69, 9.17) is 15.6 Å². The van der Waals surface area contributed by atoms with Crippen LogP contribution in [0.1, 0.15) is 39.4 Å². The van der Waals surface area contributed by atoms with Gasteiger partial charge in [-0.05, 0) is 0 Å². The van der Waals surface area contributed by atoms with Crippen molar-refractivity contribution < 1.29 is 25.2 Å². The van der Waals surface area contributed by atoms with Crippen LogP contribution in [0.25, 0.3) is 0 Å². The van der Waals surface area contributed by atoms with E-state index >= 15 is 0 Å². The summed E-state index contributed by atoms with van der Waals surface area (Å²) in [6.45, 7) is 6.74. The molecule has 0 bridgehead atoms. The van der Waals surface area contributed by atoms with Crippen molar-refractivity contribution in [3.63, 3.8) is 0 Å². The van der Waals surface area contributed by atoms with Crippen LogP contribution in [0.2, 0.25) is 0 Å². The molecule has 0 unspecified atom stereocenters. The quantitative estimate of drug-likeness (QED) is 0.625. The summed E-state index contributed by atoms with van der Waals surface area (Å²) in [7, 11) is 1.58. The van der Waals surface area contributed by atoms with E-state index in [-0.39, 0.29) is 6.10 Å². The molecule has 6 nitrogen and oxygen atoms in total. The number of ether oxygens (including phenoxy) is 2. The molecular formula is C15H21IO6. The summed E-state index contributed by atoms with van der Waals surface area (Å²) in [5.41, 5.74) is 0.793. The Morgan fingerprint density at radius 2 is 1.77 bits per heavy atom. The van der Waals surface area contributed by atoms with E-state index in [0.717, 1.165) is 5.56 Å². The summed E-state index contributed by atoms with van der Waals surface area (Å²) in [5, 5.41) is 0. The van der Waals surface area contributed by atoms with Gasteiger partial charge in [-0.25, -0.2) is 0 Å². The minimum atomic E-state index is -3.00. The monoisotopic (exact) mass is 424 g/mol. The van der Waals surface area contributed by atoms with Crippen molar-refractivity contribution in [3.8, 4) is 5.75 Å². The van der Waals surface area contributed by atoms with Crippen LogP contribution in [-0.2, 0) is 20.5 Å². The normalized spacial score (nSPS) is 12.3. The summed E-state index contributed by atoms with van der Waals surface area (Å²) < 4.78 is 22.2. The van der Waals surface area contributed by atoms with E-state index in [1.165, 1.54) is 13.8 Å². The molecule has 1 aromatic carbocycles. The van der Waals surface area contributed by atoms with E-state index in [1.807, 2.05) is 26.0 Å². The van der Waals surface area contributed by atoms with Crippen molar-refractivity contribution in [2.75, 3.05) is 13.7 Å². The molecule has 0 saturated carbocycles. The molecule has 0 aliphatic heterocycles. The standard InChI is InChI=1S/C15H21IO6/c1-6-20-14-9-7-8-13(10(2)19-5)15(14)16(21-11(3)17)22-12(4)18/h7-10H,6H2,1-5H3/t10-/m0/s1. The van der Waals surface area contributed by atoms with E-state index in [9.17, 15) is 9.59 Å². The van der Waals surface area contributed by atoms with Crippen molar-refractivity contribution in [2.24, 2.45) is 0 Å². The van der Waals surface area contributed by atoms with Crippen LogP contribution >= 0.6 is 20.6 Å². The van der Waals surface area contributed by atoms with Gasteiger partial charge in [0.1, 0.15) is 0 Å². The molecule has 0 amide bonds. The summed E-state index contributed by atoms with van der Waals surface area (Å²) in [6, 6.07) is 5.45. The third kappa shape index (κ3) is 5.13. The van der Waals surface area contributed by atoms with Crippen LogP contribution in [0, 0.1) is 3.57 Å². The van der Waals surface area contributed by atoms with Crippen LogP contribution in [0.15, 0.2) is 18.2 Å². The minimum absolute atomic E-state index is 0.249. The van der Waals surface area contributed by atoms with Crippen molar-refractivity contribution in [3.05, 3.63) is 27.3 Å². The molecule has 0 aromatic heterocycles. The fraction of sp³-hybridized carbons (Fsp3) is 0.467. The Balaban J connectivity index is 3.40. The first-order chi connectivity index (χ1) is 10.4. The second-order valence-corrected chi connectivity index (χ2v) is 7.52. The molecule has 7 heteroatoms. The molecule has 0 heterocycles. The van der Waals surface area contributed by atoms with E-state index in [1.54, 1.807) is 13.2 Å². The molecule has 22 heavy (non-hydrogen) atoms. The molecule has 124 valence electrons. The van der Waals surface area contributed by atoms with Crippen molar-refractivity contribution in [1.29, 1.82) is 0 Å². The van der Waals surface area contributed by atoms with Crippen molar-refractivity contribution >= 4 is 32.6 Å². The zero-order valence-electron chi connectivity index (χ0n) is 13.3. The Labute approximate surface area is 138 Å². The van der Waals surface area contributed by atoms with E-state index in [2.05, 4.69) is 0 Å². The molecule has 0 spiro atoms. The Kier molecular flexibility index (Phi) is 7.60. The zero-order chi connectivity index (χ0) is 16.7. The Bertz CT molecular complexity index is 515. The number of hydrogen-bond donors (Lipinski definition) is 0. The SMILES string of the molecule is CCOc1cccc([C@H](C)OC)c1I(OC(C)=O)OC(C)=O. The molecule has 0 aliphatic rings. The van der Waals surface area contributed by atoms with Gasteiger partial charge in [-0.1, -0.05) is 0 Å². The average Bonchev–Trinajstić information content (AvgIpc) is 2.45. The summed E-state index contributed by atoms with van der Waals surface area (Å²) in [4.78, 5) is 22.8. The second-order valence-electron chi connectivity index (χ2n) is 4.33. The summed E-state index contributed by atoms with van der Waals surface area (Å²) in [6.07, 6.45) is -0.249. The maximum atomic E-state index is 11.4. The van der Waals surface area contributed by atoms with Crippen LogP contribution in [0.3, 0.4) is 0 Å². The van der Waals surface area contributed by atoms with E-state index in [0.29, 0.717) is 15.9 Å². The molecule has 0 fully saturated rings. The second kappa shape index (κ2) is 8.94. The van der Waals surface area contributed by atoms with Crippen LogP contribution in [0.5, 0.6) is 5.75 Å². The number of carbonyl (C=O) groups is 2. The molecule has 1 rings (SSSR count). The molecule has 0 saturated heterocycles. The number of benzene rings is 1. The maximum absolute atomic E-state index is 11.4. The Morgan fingerprint density at radius 1 is 1.18 bits per heavy atom. The fourth-order valence-corrected chi connectivity index (χ4v) is 5.24. The van der Waals surface area contributed by atoms with Gasteiger partial charge in [0, 0.05) is 0 Å². The first kappa shape index (κ1) is 18.7. The molecule has 0 N–H and O–H groups in total. The number of hydrogen-bond acceptors (Lipinski definition) is 6. The van der Waals surface area contributed by atoms with Gasteiger partial charge in [0.15, 0.2) is 0 Å². The zero-order valence-corrected chi connectivity index (χ0v) is 15.5. The molecule has 1 aromatic rings. The van der Waals surface area contributed by atoms with Crippen molar-refractivity contribution in [1.82, 2.24) is 0 Å². The number of halogens is 1. The third-order valence-electron chi connectivity index (χ3n) is 2.60. The van der Waals surface area contributed by atoms with Gasteiger partial charge in [0.05, 0.1) is 0 Å². The summed E-state index contributed by atoms with van der Waals surface area (Å²) >= 11 is -3.00. The Hall–Kier alpha value is -1.35. The van der Waals surface area contributed by atoms with Gasteiger partial charge >= 0.3 is 138 Å². The van der Waals surface area contributed by atoms with Crippen LogP contribution in [-0.4, -0.2) is 25.7 Å². The van der Waals surface area contributed by atoms with Gasteiger partial charge in [0.2, 0.25) is 0 Å². The van der Waals surface area contributed by atoms with Gasteiger partial charge in [-0.15, -0.1) is 0 Å². The predicted octanol–water partition coefficient (Wildman–Crippen LogP) is 3.42. The van der Waals surface area contributed by atoms with E-state index < -0.39 is 32.6 Å². The van der Waals surface area contributed by atoms with Crippen LogP contribution in [0.4, 0.5) is 0 Å². The third-order valence-corrected chi connectivity index (χ3v) is 6.67. The van der Waals surface area contributed by atoms with Crippen LogP contribution < -0.4 is 4.74 Å².